The van der Waals surface area contributed by atoms with Crippen LogP contribution in [0, 0.1) is 0 Å². The van der Waals surface area contributed by atoms with Crippen LogP contribution in [0.25, 0.3) is 0 Å². The number of carbonyl (C=O) groups excluding carboxylic acids is 1. The number of alkyl halides is 3. The van der Waals surface area contributed by atoms with Gasteiger partial charge in [-0.1, -0.05) is 11.6 Å². The van der Waals surface area contributed by atoms with Gasteiger partial charge in [0, 0.05) is 11.4 Å². The molecule has 0 aromatic heterocycles. The highest BCUT2D eigenvalue weighted by molar-refractivity contribution is 6.31. The number of nitrogens with one attached hydrogen (secondary N) is 1. The maximum absolute atomic E-state index is 12.6. The molecular formula is C11H10Cl2F3NO2. The van der Waals surface area contributed by atoms with Crippen LogP contribution in [0.15, 0.2) is 18.2 Å². The first kappa shape index (κ1) is 15.9. The van der Waals surface area contributed by atoms with E-state index in [-0.39, 0.29) is 29.6 Å². The van der Waals surface area contributed by atoms with E-state index in [9.17, 15) is 18.0 Å². The normalized spacial score (nSPS) is 19.2. The van der Waals surface area contributed by atoms with Crippen molar-refractivity contribution < 1.29 is 22.7 Å². The van der Waals surface area contributed by atoms with Crippen LogP contribution in [0.4, 0.5) is 18.0 Å². The third-order valence-electron chi connectivity index (χ3n) is 2.63. The van der Waals surface area contributed by atoms with Gasteiger partial charge in [0.05, 0.1) is 18.2 Å². The van der Waals surface area contributed by atoms with Crippen molar-refractivity contribution in [2.24, 2.45) is 0 Å². The first-order valence-corrected chi connectivity index (χ1v) is 5.55. The fourth-order valence-electron chi connectivity index (χ4n) is 1.75. The summed E-state index contributed by atoms with van der Waals surface area (Å²) in [6.45, 7) is 0.156. The van der Waals surface area contributed by atoms with Crippen molar-refractivity contribution in [1.82, 2.24) is 5.32 Å². The average molecular weight is 316 g/mol. The summed E-state index contributed by atoms with van der Waals surface area (Å²) in [7, 11) is 0. The monoisotopic (exact) mass is 315 g/mol. The van der Waals surface area contributed by atoms with Gasteiger partial charge in [-0.2, -0.15) is 13.2 Å². The van der Waals surface area contributed by atoms with Crippen LogP contribution < -0.4 is 5.32 Å². The molecule has 3 nitrogen and oxygen atoms in total. The molecular weight excluding hydrogens is 306 g/mol. The van der Waals surface area contributed by atoms with Crippen molar-refractivity contribution in [3.63, 3.8) is 0 Å². The Morgan fingerprint density at radius 2 is 2.05 bits per heavy atom. The molecule has 1 fully saturated rings. The molecule has 1 amide bonds. The maximum Gasteiger partial charge on any atom is 0.416 e. The molecule has 1 aliphatic rings. The summed E-state index contributed by atoms with van der Waals surface area (Å²) in [4.78, 5) is 11.0. The minimum atomic E-state index is -4.44. The van der Waals surface area contributed by atoms with Crippen LogP contribution in [0.2, 0.25) is 5.02 Å². The van der Waals surface area contributed by atoms with Crippen molar-refractivity contribution >= 4 is 30.1 Å². The molecule has 1 heterocycles. The van der Waals surface area contributed by atoms with Gasteiger partial charge in [-0.15, -0.1) is 12.4 Å². The number of alkyl carbamates (subject to hydrolysis) is 1. The predicted molar refractivity (Wildman–Crippen MR) is 65.5 cm³/mol. The van der Waals surface area contributed by atoms with E-state index in [1.807, 2.05) is 0 Å². The second-order valence-electron chi connectivity index (χ2n) is 3.86. The van der Waals surface area contributed by atoms with E-state index < -0.39 is 23.9 Å². The van der Waals surface area contributed by atoms with Gasteiger partial charge in [-0.05, 0) is 23.8 Å². The first-order chi connectivity index (χ1) is 8.38. The molecule has 19 heavy (non-hydrogen) atoms. The summed E-state index contributed by atoms with van der Waals surface area (Å²) in [5, 5.41) is 2.63. The lowest BCUT2D eigenvalue weighted by molar-refractivity contribution is -0.137. The Kier molecular flexibility index (Phi) is 4.92. The quantitative estimate of drug-likeness (QED) is 0.852. The van der Waals surface area contributed by atoms with Crippen molar-refractivity contribution in [2.45, 2.75) is 18.6 Å². The van der Waals surface area contributed by atoms with E-state index in [0.717, 1.165) is 12.1 Å². The highest BCUT2D eigenvalue weighted by Crippen LogP contribution is 2.35. The standard InChI is InChI=1S/C11H9ClF3NO2.ClH/c12-8-2-1-6(11(13,14)15)5-7(8)9-3-4-18-10(17)16-9;/h1-2,5,9H,3-4H2,(H,16,17);1H/t9-;/m1./s1. The fraction of sp³-hybridized carbons (Fsp3) is 0.364. The van der Waals surface area contributed by atoms with Gasteiger partial charge in [0.2, 0.25) is 0 Å². The van der Waals surface area contributed by atoms with Gasteiger partial charge >= 0.3 is 12.3 Å². The maximum atomic E-state index is 12.6. The van der Waals surface area contributed by atoms with E-state index in [4.69, 9.17) is 11.6 Å². The number of halogens is 5. The molecule has 0 unspecified atom stereocenters. The van der Waals surface area contributed by atoms with Crippen molar-refractivity contribution in [2.75, 3.05) is 6.61 Å². The van der Waals surface area contributed by atoms with Gasteiger partial charge in [0.25, 0.3) is 0 Å². The largest absolute Gasteiger partial charge is 0.449 e. The lowest BCUT2D eigenvalue weighted by atomic mass is 10.0. The van der Waals surface area contributed by atoms with Gasteiger partial charge < -0.3 is 10.1 Å². The molecule has 0 spiro atoms. The Hall–Kier alpha value is -1.14. The molecule has 2 rings (SSSR count). The molecule has 8 heteroatoms. The van der Waals surface area contributed by atoms with Crippen LogP contribution in [0.5, 0.6) is 0 Å². The van der Waals surface area contributed by atoms with E-state index in [1.165, 1.54) is 6.07 Å². The Balaban J connectivity index is 0.00000180. The molecule has 1 aromatic carbocycles. The Morgan fingerprint density at radius 1 is 1.37 bits per heavy atom. The molecule has 0 radical (unpaired) electrons. The van der Waals surface area contributed by atoms with Crippen molar-refractivity contribution in [3.05, 3.63) is 34.3 Å². The van der Waals surface area contributed by atoms with Crippen LogP contribution >= 0.6 is 24.0 Å². The zero-order valence-corrected chi connectivity index (χ0v) is 11.0. The fourth-order valence-corrected chi connectivity index (χ4v) is 2.00. The smallest absolute Gasteiger partial charge is 0.416 e. The highest BCUT2D eigenvalue weighted by atomic mass is 35.5. The Morgan fingerprint density at radius 3 is 2.63 bits per heavy atom. The van der Waals surface area contributed by atoms with Gasteiger partial charge in [-0.25, -0.2) is 4.79 Å². The molecule has 1 aliphatic heterocycles. The molecule has 0 aliphatic carbocycles. The summed E-state index contributed by atoms with van der Waals surface area (Å²) in [5.74, 6) is 0. The molecule has 106 valence electrons. The van der Waals surface area contributed by atoms with Gasteiger partial charge in [-0.3, -0.25) is 0 Å². The second-order valence-corrected chi connectivity index (χ2v) is 4.26. The number of rotatable bonds is 1. The summed E-state index contributed by atoms with van der Waals surface area (Å²) >= 11 is 5.87. The number of benzene rings is 1. The van der Waals surface area contributed by atoms with E-state index in [0.29, 0.717) is 6.42 Å². The van der Waals surface area contributed by atoms with Crippen molar-refractivity contribution in [3.8, 4) is 0 Å². The highest BCUT2D eigenvalue weighted by Gasteiger charge is 2.32. The number of carbonyl (C=O) groups is 1. The number of ether oxygens (including phenoxy) is 1. The zero-order chi connectivity index (χ0) is 13.3. The lowest BCUT2D eigenvalue weighted by Gasteiger charge is -2.25. The van der Waals surface area contributed by atoms with E-state index >= 15 is 0 Å². The number of hydrogen-bond acceptors (Lipinski definition) is 2. The van der Waals surface area contributed by atoms with Gasteiger partial charge in [0.15, 0.2) is 0 Å². The molecule has 1 N–H and O–H groups in total. The minimum absolute atomic E-state index is 0. The minimum Gasteiger partial charge on any atom is -0.449 e. The predicted octanol–water partition coefficient (Wildman–Crippen LogP) is 3.95. The summed E-state index contributed by atoms with van der Waals surface area (Å²) in [6, 6.07) is 2.49. The first-order valence-electron chi connectivity index (χ1n) is 5.18. The van der Waals surface area contributed by atoms with E-state index in [1.54, 1.807) is 0 Å². The third kappa shape index (κ3) is 3.67. The SMILES string of the molecule is Cl.O=C1N[C@@H](c2cc(C(F)(F)F)ccc2Cl)CCO1. The number of amides is 1. The molecule has 1 atom stereocenters. The Labute approximate surface area is 118 Å². The summed E-state index contributed by atoms with van der Waals surface area (Å²) < 4.78 is 42.4. The lowest BCUT2D eigenvalue weighted by Crippen LogP contribution is -2.35. The molecule has 1 saturated heterocycles. The average Bonchev–Trinajstić information content (AvgIpc) is 2.28. The van der Waals surface area contributed by atoms with Crippen LogP contribution in [-0.4, -0.2) is 12.7 Å². The molecule has 1 aromatic rings. The number of cyclic esters (lactones) is 1. The van der Waals surface area contributed by atoms with Crippen LogP contribution in [-0.2, 0) is 10.9 Å². The summed E-state index contributed by atoms with van der Waals surface area (Å²) in [6.07, 6.45) is -4.71. The molecule has 0 saturated carbocycles. The van der Waals surface area contributed by atoms with Crippen molar-refractivity contribution in [1.29, 1.82) is 0 Å². The Bertz CT molecular complexity index is 479. The van der Waals surface area contributed by atoms with Gasteiger partial charge in [0.1, 0.15) is 0 Å². The second kappa shape index (κ2) is 5.88. The van der Waals surface area contributed by atoms with E-state index in [2.05, 4.69) is 10.1 Å². The summed E-state index contributed by atoms with van der Waals surface area (Å²) in [5.41, 5.74) is -0.536. The topological polar surface area (TPSA) is 38.3 Å². The van der Waals surface area contributed by atoms with Crippen LogP contribution in [0.1, 0.15) is 23.6 Å². The zero-order valence-electron chi connectivity index (χ0n) is 9.46. The molecule has 0 bridgehead atoms. The number of hydrogen-bond donors (Lipinski definition) is 1. The third-order valence-corrected chi connectivity index (χ3v) is 2.97. The van der Waals surface area contributed by atoms with Crippen LogP contribution in [0.3, 0.4) is 0 Å².